The summed E-state index contributed by atoms with van der Waals surface area (Å²) >= 11 is 0. The smallest absolute Gasteiger partial charge is 0.213 e. The zero-order valence-corrected chi connectivity index (χ0v) is 7.00. The second kappa shape index (κ2) is 4.37. The van der Waals surface area contributed by atoms with Crippen LogP contribution in [0, 0.1) is 0 Å². The van der Waals surface area contributed by atoms with Gasteiger partial charge in [0.15, 0.2) is 0 Å². The van der Waals surface area contributed by atoms with Gasteiger partial charge in [0.1, 0.15) is 0 Å². The quantitative estimate of drug-likeness (QED) is 0.241. The second-order valence-electron chi connectivity index (χ2n) is 2.09. The lowest BCUT2D eigenvalue weighted by atomic mass is 10.8. The summed E-state index contributed by atoms with van der Waals surface area (Å²) in [5.41, 5.74) is 13.2. The summed E-state index contributed by atoms with van der Waals surface area (Å²) in [5.74, 6) is 0.575. The van der Waals surface area contributed by atoms with E-state index in [1.165, 1.54) is 0 Å². The molecule has 0 spiro atoms. The van der Waals surface area contributed by atoms with E-state index in [1.807, 2.05) is 0 Å². The minimum absolute atomic E-state index is 0.231. The van der Waals surface area contributed by atoms with Crippen molar-refractivity contribution in [3.8, 4) is 0 Å². The van der Waals surface area contributed by atoms with Gasteiger partial charge in [-0.15, -0.1) is 5.10 Å². The number of nitrogens with one attached hydrogen (secondary N) is 1. The molecule has 0 saturated heterocycles. The maximum absolute atomic E-state index is 5.42. The molecule has 0 rings (SSSR count). The molecule has 0 unspecified atom stereocenters. The van der Waals surface area contributed by atoms with Gasteiger partial charge in [0.25, 0.3) is 0 Å². The van der Waals surface area contributed by atoms with Crippen molar-refractivity contribution in [1.82, 2.24) is 10.3 Å². The van der Waals surface area contributed by atoms with Crippen molar-refractivity contribution < 1.29 is 0 Å². The van der Waals surface area contributed by atoms with Crippen LogP contribution in [-0.2, 0) is 0 Å². The summed E-state index contributed by atoms with van der Waals surface area (Å²) in [6.45, 7) is 0. The first kappa shape index (κ1) is 9.54. The van der Waals surface area contributed by atoms with Gasteiger partial charge in [-0.1, -0.05) is 0 Å². The van der Waals surface area contributed by atoms with E-state index in [2.05, 4.69) is 15.5 Å². The minimum Gasteiger partial charge on any atom is -0.369 e. The molecule has 11 heavy (non-hydrogen) atoms. The van der Waals surface area contributed by atoms with Gasteiger partial charge < -0.3 is 16.4 Å². The standard InChI is InChI=1S/C5H14N6/c1-8-4(6)9-10-5(7)11(2)3/h1-3H3,(H2,7,10)(H3,6,8,9). The van der Waals surface area contributed by atoms with Gasteiger partial charge in [0.2, 0.25) is 11.9 Å². The number of nitrogens with two attached hydrogens (primary N) is 2. The average molecular weight is 158 g/mol. The molecule has 0 saturated carbocycles. The van der Waals surface area contributed by atoms with Crippen molar-refractivity contribution in [2.45, 2.75) is 0 Å². The van der Waals surface area contributed by atoms with E-state index in [4.69, 9.17) is 11.5 Å². The molecule has 0 aromatic heterocycles. The Bertz CT molecular complexity index is 170. The fraction of sp³-hybridized carbons (Fsp3) is 0.600. The number of rotatable bonds is 1. The maximum Gasteiger partial charge on any atom is 0.213 e. The minimum atomic E-state index is 0.231. The van der Waals surface area contributed by atoms with Crippen LogP contribution in [0.25, 0.3) is 0 Å². The fourth-order valence-electron chi connectivity index (χ4n) is 0.265. The highest BCUT2D eigenvalue weighted by molar-refractivity contribution is 5.82. The van der Waals surface area contributed by atoms with Crippen LogP contribution in [0.4, 0.5) is 0 Å². The highest BCUT2D eigenvalue weighted by Gasteiger charge is 1.92. The lowest BCUT2D eigenvalue weighted by molar-refractivity contribution is 0.607. The van der Waals surface area contributed by atoms with E-state index in [-0.39, 0.29) is 5.96 Å². The molecule has 64 valence electrons. The Balaban J connectivity index is 3.92. The van der Waals surface area contributed by atoms with Crippen molar-refractivity contribution >= 4 is 11.9 Å². The molecule has 0 aliphatic rings. The zero-order chi connectivity index (χ0) is 8.85. The number of guanidine groups is 2. The zero-order valence-electron chi connectivity index (χ0n) is 7.00. The third kappa shape index (κ3) is 4.01. The molecule has 0 aliphatic heterocycles. The molecule has 0 amide bonds. The summed E-state index contributed by atoms with van der Waals surface area (Å²) in [6.07, 6.45) is 0. The Kier molecular flexibility index (Phi) is 3.79. The molecule has 0 radical (unpaired) electrons. The summed E-state index contributed by atoms with van der Waals surface area (Å²) in [5, 5.41) is 3.71. The first-order chi connectivity index (χ1) is 5.07. The monoisotopic (exact) mass is 158 g/mol. The average Bonchev–Trinajstić information content (AvgIpc) is 1.99. The summed E-state index contributed by atoms with van der Waals surface area (Å²) < 4.78 is 0. The predicted octanol–water partition coefficient (Wildman–Crippen LogP) is -1.69. The van der Waals surface area contributed by atoms with Gasteiger partial charge in [0.05, 0.1) is 0 Å². The lowest BCUT2D eigenvalue weighted by Gasteiger charge is -2.09. The van der Waals surface area contributed by atoms with Crippen LogP contribution in [0.3, 0.4) is 0 Å². The number of aliphatic imine (C=N–C) groups is 1. The van der Waals surface area contributed by atoms with Crippen molar-refractivity contribution in [1.29, 1.82) is 0 Å². The van der Waals surface area contributed by atoms with Crippen LogP contribution >= 0.6 is 0 Å². The van der Waals surface area contributed by atoms with Gasteiger partial charge in [0, 0.05) is 21.1 Å². The van der Waals surface area contributed by atoms with Crippen molar-refractivity contribution in [2.24, 2.45) is 21.6 Å². The lowest BCUT2D eigenvalue weighted by Crippen LogP contribution is -2.36. The van der Waals surface area contributed by atoms with Gasteiger partial charge >= 0.3 is 0 Å². The molecule has 0 fully saturated rings. The van der Waals surface area contributed by atoms with Gasteiger partial charge in [-0.3, -0.25) is 4.99 Å². The molecule has 0 bridgehead atoms. The fourth-order valence-corrected chi connectivity index (χ4v) is 0.265. The molecule has 6 nitrogen and oxygen atoms in total. The molecular formula is C5H14N6. The Labute approximate surface area is 65.9 Å². The van der Waals surface area contributed by atoms with Gasteiger partial charge in [-0.25, -0.2) is 5.43 Å². The van der Waals surface area contributed by atoms with E-state index in [0.717, 1.165) is 0 Å². The van der Waals surface area contributed by atoms with E-state index in [0.29, 0.717) is 5.96 Å². The largest absolute Gasteiger partial charge is 0.369 e. The highest BCUT2D eigenvalue weighted by atomic mass is 15.4. The number of hydrazone groups is 1. The second-order valence-corrected chi connectivity index (χ2v) is 2.09. The number of nitrogens with zero attached hydrogens (tertiary/aromatic N) is 3. The van der Waals surface area contributed by atoms with E-state index in [9.17, 15) is 0 Å². The molecule has 0 atom stereocenters. The number of hydrogen-bond acceptors (Lipinski definition) is 2. The topological polar surface area (TPSA) is 92.0 Å². The first-order valence-corrected chi connectivity index (χ1v) is 3.06. The Morgan fingerprint density at radius 1 is 1.36 bits per heavy atom. The molecule has 6 heteroatoms. The summed E-state index contributed by atoms with van der Waals surface area (Å²) in [7, 11) is 5.11. The van der Waals surface area contributed by atoms with Gasteiger partial charge in [-0.2, -0.15) is 0 Å². The Hall–Kier alpha value is -1.46. The van der Waals surface area contributed by atoms with Crippen molar-refractivity contribution in [3.05, 3.63) is 0 Å². The van der Waals surface area contributed by atoms with Crippen LogP contribution in [0.2, 0.25) is 0 Å². The van der Waals surface area contributed by atoms with Crippen LogP contribution in [0.1, 0.15) is 0 Å². The van der Waals surface area contributed by atoms with E-state index >= 15 is 0 Å². The van der Waals surface area contributed by atoms with E-state index in [1.54, 1.807) is 26.0 Å². The van der Waals surface area contributed by atoms with Gasteiger partial charge in [-0.05, 0) is 0 Å². The highest BCUT2D eigenvalue weighted by Crippen LogP contribution is 1.71. The Morgan fingerprint density at radius 3 is 2.27 bits per heavy atom. The molecule has 5 N–H and O–H groups in total. The maximum atomic E-state index is 5.42. The summed E-state index contributed by atoms with van der Waals surface area (Å²) in [4.78, 5) is 5.27. The Morgan fingerprint density at radius 2 is 1.91 bits per heavy atom. The first-order valence-electron chi connectivity index (χ1n) is 3.06. The summed E-state index contributed by atoms with van der Waals surface area (Å²) in [6, 6.07) is 0. The van der Waals surface area contributed by atoms with Crippen molar-refractivity contribution in [3.63, 3.8) is 0 Å². The normalized spacial score (nSPS) is 13.0. The van der Waals surface area contributed by atoms with Crippen LogP contribution in [-0.4, -0.2) is 38.0 Å². The van der Waals surface area contributed by atoms with Crippen molar-refractivity contribution in [2.75, 3.05) is 21.1 Å². The number of hydrogen-bond donors (Lipinski definition) is 3. The van der Waals surface area contributed by atoms with Crippen LogP contribution in [0.15, 0.2) is 10.1 Å². The third-order valence-electron chi connectivity index (χ3n) is 0.984. The molecule has 0 aliphatic carbocycles. The van der Waals surface area contributed by atoms with E-state index < -0.39 is 0 Å². The predicted molar refractivity (Wildman–Crippen MR) is 46.0 cm³/mol. The molecule has 0 aromatic carbocycles. The van der Waals surface area contributed by atoms with Crippen LogP contribution < -0.4 is 16.9 Å². The SMILES string of the molecule is CN=C(N)NN=C(N)N(C)C. The molecule has 0 aromatic rings. The van der Waals surface area contributed by atoms with Crippen LogP contribution in [0.5, 0.6) is 0 Å². The molecular weight excluding hydrogens is 144 g/mol. The molecule has 0 heterocycles. The third-order valence-corrected chi connectivity index (χ3v) is 0.984.